The Bertz CT molecular complexity index is 928. The van der Waals surface area contributed by atoms with Crippen LogP contribution in [0.15, 0.2) is 22.6 Å². The number of likely N-dealkylation sites (N-methyl/N-ethyl adjacent to an activating group) is 1. The predicted octanol–water partition coefficient (Wildman–Crippen LogP) is 0.764. The molecular formula is C18H24N4O5S. The maximum absolute atomic E-state index is 12.2. The SMILES string of the molecule is CN(CC(=O)NC(C)(C)C)C(=O)COC(=O)CCn1cnc2sccc2c1=O. The Labute approximate surface area is 166 Å². The molecule has 0 atom stereocenters. The molecule has 0 aliphatic carbocycles. The van der Waals surface area contributed by atoms with Crippen LogP contribution in [0.2, 0.25) is 0 Å². The second-order valence-corrected chi connectivity index (χ2v) is 8.24. The lowest BCUT2D eigenvalue weighted by Gasteiger charge is -2.23. The molecule has 28 heavy (non-hydrogen) atoms. The van der Waals surface area contributed by atoms with Crippen molar-refractivity contribution in [3.63, 3.8) is 0 Å². The third-order valence-electron chi connectivity index (χ3n) is 3.68. The van der Waals surface area contributed by atoms with Gasteiger partial charge in [-0.3, -0.25) is 23.7 Å². The van der Waals surface area contributed by atoms with E-state index in [4.69, 9.17) is 4.74 Å². The topological polar surface area (TPSA) is 111 Å². The summed E-state index contributed by atoms with van der Waals surface area (Å²) < 4.78 is 6.28. The van der Waals surface area contributed by atoms with E-state index in [1.54, 1.807) is 11.4 Å². The van der Waals surface area contributed by atoms with E-state index in [0.29, 0.717) is 10.2 Å². The van der Waals surface area contributed by atoms with Crippen LogP contribution in [0.4, 0.5) is 0 Å². The van der Waals surface area contributed by atoms with Gasteiger partial charge in [-0.2, -0.15) is 0 Å². The van der Waals surface area contributed by atoms with E-state index in [1.165, 1.54) is 34.2 Å². The first kappa shape index (κ1) is 21.5. The number of carbonyl (C=O) groups is 3. The third-order valence-corrected chi connectivity index (χ3v) is 4.51. The lowest BCUT2D eigenvalue weighted by atomic mass is 10.1. The quantitative estimate of drug-likeness (QED) is 0.678. The number of thiophene rings is 1. The van der Waals surface area contributed by atoms with Crippen LogP contribution in [0.25, 0.3) is 10.2 Å². The van der Waals surface area contributed by atoms with Crippen molar-refractivity contribution >= 4 is 39.3 Å². The van der Waals surface area contributed by atoms with Gasteiger partial charge in [0.25, 0.3) is 11.5 Å². The van der Waals surface area contributed by atoms with E-state index in [-0.39, 0.29) is 31.0 Å². The molecule has 0 aliphatic rings. The minimum absolute atomic E-state index is 0.0707. The maximum Gasteiger partial charge on any atom is 0.308 e. The highest BCUT2D eigenvalue weighted by Crippen LogP contribution is 2.13. The molecule has 10 heteroatoms. The van der Waals surface area contributed by atoms with Crippen molar-refractivity contribution in [2.45, 2.75) is 39.3 Å². The van der Waals surface area contributed by atoms with Gasteiger partial charge < -0.3 is 15.0 Å². The fraction of sp³-hybridized carbons (Fsp3) is 0.500. The zero-order chi connectivity index (χ0) is 20.9. The van der Waals surface area contributed by atoms with Gasteiger partial charge >= 0.3 is 5.97 Å². The number of carbonyl (C=O) groups excluding carboxylic acids is 3. The van der Waals surface area contributed by atoms with Crippen LogP contribution in [0.5, 0.6) is 0 Å². The number of rotatable bonds is 7. The number of nitrogens with one attached hydrogen (secondary N) is 1. The first-order valence-corrected chi connectivity index (χ1v) is 9.58. The lowest BCUT2D eigenvalue weighted by Crippen LogP contribution is -2.46. The van der Waals surface area contributed by atoms with Crippen LogP contribution in [-0.4, -0.2) is 58.0 Å². The van der Waals surface area contributed by atoms with E-state index in [0.717, 1.165) is 0 Å². The standard InChI is InChI=1S/C18H24N4O5S/c1-18(2,3)20-13(23)9-21(4)14(24)10-27-15(25)5-7-22-11-19-16-12(17(22)26)6-8-28-16/h6,8,11H,5,7,9-10H2,1-4H3,(H,20,23). The van der Waals surface area contributed by atoms with E-state index >= 15 is 0 Å². The summed E-state index contributed by atoms with van der Waals surface area (Å²) in [7, 11) is 1.46. The first-order valence-electron chi connectivity index (χ1n) is 8.70. The highest BCUT2D eigenvalue weighted by Gasteiger charge is 2.18. The van der Waals surface area contributed by atoms with Gasteiger partial charge in [0, 0.05) is 19.1 Å². The molecule has 2 amide bonds. The molecule has 0 fully saturated rings. The number of esters is 1. The number of amides is 2. The number of fused-ring (bicyclic) bond motifs is 1. The second kappa shape index (κ2) is 8.96. The number of aryl methyl sites for hydroxylation is 1. The van der Waals surface area contributed by atoms with E-state index in [9.17, 15) is 19.2 Å². The molecule has 0 saturated heterocycles. The number of hydrogen-bond donors (Lipinski definition) is 1. The van der Waals surface area contributed by atoms with Gasteiger partial charge in [0.1, 0.15) is 4.83 Å². The third kappa shape index (κ3) is 6.15. The average Bonchev–Trinajstić information content (AvgIpc) is 3.06. The normalized spacial score (nSPS) is 11.3. The van der Waals surface area contributed by atoms with Crippen molar-refractivity contribution in [1.29, 1.82) is 0 Å². The summed E-state index contributed by atoms with van der Waals surface area (Å²) in [6.07, 6.45) is 1.32. The summed E-state index contributed by atoms with van der Waals surface area (Å²) in [5, 5.41) is 5.03. The molecule has 0 radical (unpaired) electrons. The van der Waals surface area contributed by atoms with Crippen LogP contribution in [-0.2, 0) is 25.7 Å². The Morgan fingerprint density at radius 2 is 2.04 bits per heavy atom. The lowest BCUT2D eigenvalue weighted by molar-refractivity contribution is -0.152. The van der Waals surface area contributed by atoms with Crippen molar-refractivity contribution in [3.05, 3.63) is 28.1 Å². The Morgan fingerprint density at radius 3 is 2.71 bits per heavy atom. The van der Waals surface area contributed by atoms with E-state index < -0.39 is 24.0 Å². The van der Waals surface area contributed by atoms with E-state index in [2.05, 4.69) is 10.3 Å². The monoisotopic (exact) mass is 408 g/mol. The summed E-state index contributed by atoms with van der Waals surface area (Å²) in [4.78, 5) is 53.9. The summed E-state index contributed by atoms with van der Waals surface area (Å²) >= 11 is 1.37. The number of aromatic nitrogens is 2. The van der Waals surface area contributed by atoms with Crippen molar-refractivity contribution < 1.29 is 19.1 Å². The van der Waals surface area contributed by atoms with Gasteiger partial charge in [-0.05, 0) is 32.2 Å². The fourth-order valence-corrected chi connectivity index (χ4v) is 3.07. The summed E-state index contributed by atoms with van der Waals surface area (Å²) in [6.45, 7) is 5.03. The highest BCUT2D eigenvalue weighted by atomic mass is 32.1. The fourth-order valence-electron chi connectivity index (χ4n) is 2.35. The number of nitrogens with zero attached hydrogens (tertiary/aromatic N) is 3. The van der Waals surface area contributed by atoms with Crippen LogP contribution in [0.1, 0.15) is 27.2 Å². The molecule has 2 heterocycles. The van der Waals surface area contributed by atoms with Crippen LogP contribution in [0, 0.1) is 0 Å². The van der Waals surface area contributed by atoms with Gasteiger partial charge in [-0.25, -0.2) is 4.98 Å². The molecule has 1 N–H and O–H groups in total. The van der Waals surface area contributed by atoms with Crippen LogP contribution in [0.3, 0.4) is 0 Å². The van der Waals surface area contributed by atoms with Gasteiger partial charge in [0.05, 0.1) is 24.7 Å². The van der Waals surface area contributed by atoms with Gasteiger partial charge in [0.2, 0.25) is 5.91 Å². The minimum Gasteiger partial charge on any atom is -0.456 e. The zero-order valence-electron chi connectivity index (χ0n) is 16.4. The highest BCUT2D eigenvalue weighted by molar-refractivity contribution is 7.16. The van der Waals surface area contributed by atoms with Crippen LogP contribution >= 0.6 is 11.3 Å². The number of ether oxygens (including phenoxy) is 1. The molecule has 0 aliphatic heterocycles. The Balaban J connectivity index is 1.78. The van der Waals surface area contributed by atoms with E-state index in [1.807, 2.05) is 20.8 Å². The second-order valence-electron chi connectivity index (χ2n) is 7.34. The van der Waals surface area contributed by atoms with Crippen molar-refractivity contribution in [2.24, 2.45) is 0 Å². The van der Waals surface area contributed by atoms with Gasteiger partial charge in [-0.1, -0.05) is 0 Å². The van der Waals surface area contributed by atoms with Gasteiger partial charge in [0.15, 0.2) is 6.61 Å². The molecule has 0 spiro atoms. The molecule has 0 aromatic carbocycles. The van der Waals surface area contributed by atoms with Gasteiger partial charge in [-0.15, -0.1) is 11.3 Å². The molecular weight excluding hydrogens is 384 g/mol. The molecule has 0 saturated carbocycles. The largest absolute Gasteiger partial charge is 0.456 e. The maximum atomic E-state index is 12.2. The Hall–Kier alpha value is -2.75. The summed E-state index contributed by atoms with van der Waals surface area (Å²) in [5.74, 6) is -1.40. The predicted molar refractivity (Wildman–Crippen MR) is 105 cm³/mol. The van der Waals surface area contributed by atoms with Crippen molar-refractivity contribution in [2.75, 3.05) is 20.2 Å². The smallest absolute Gasteiger partial charge is 0.308 e. The van der Waals surface area contributed by atoms with Crippen LogP contribution < -0.4 is 10.9 Å². The molecule has 2 aromatic heterocycles. The summed E-state index contributed by atoms with van der Waals surface area (Å²) in [6, 6.07) is 1.69. The molecule has 0 unspecified atom stereocenters. The van der Waals surface area contributed by atoms with Crippen molar-refractivity contribution in [1.82, 2.24) is 19.8 Å². The molecule has 9 nitrogen and oxygen atoms in total. The summed E-state index contributed by atoms with van der Waals surface area (Å²) in [5.41, 5.74) is -0.619. The zero-order valence-corrected chi connectivity index (χ0v) is 17.2. The molecule has 2 rings (SSSR count). The molecule has 2 aromatic rings. The first-order chi connectivity index (χ1) is 13.1. The Kier molecular flexibility index (Phi) is 6.90. The van der Waals surface area contributed by atoms with Crippen molar-refractivity contribution in [3.8, 4) is 0 Å². The molecule has 152 valence electrons. The number of hydrogen-bond acceptors (Lipinski definition) is 7. The molecule has 0 bridgehead atoms. The average molecular weight is 408 g/mol. The Morgan fingerprint density at radius 1 is 1.32 bits per heavy atom. The minimum atomic E-state index is -0.613.